The Morgan fingerprint density at radius 3 is 2.20 bits per heavy atom. The van der Waals surface area contributed by atoms with Crippen molar-refractivity contribution in [1.29, 1.82) is 0 Å². The molecule has 0 saturated carbocycles. The molecule has 8 heteroatoms. The van der Waals surface area contributed by atoms with Crippen LogP contribution in [-0.2, 0) is 5.75 Å². The Morgan fingerprint density at radius 1 is 0.767 bits per heavy atom. The fourth-order valence-electron chi connectivity index (χ4n) is 2.90. The van der Waals surface area contributed by atoms with Crippen molar-refractivity contribution in [3.8, 4) is 34.2 Å². The summed E-state index contributed by atoms with van der Waals surface area (Å²) in [5, 5.41) is 8.65. The van der Waals surface area contributed by atoms with Gasteiger partial charge in [0.2, 0.25) is 5.89 Å². The smallest absolute Gasteiger partial charge is 0.283 e. The van der Waals surface area contributed by atoms with Gasteiger partial charge in [0.15, 0.2) is 16.2 Å². The van der Waals surface area contributed by atoms with Gasteiger partial charge in [-0.05, 0) is 28.1 Å². The molecule has 5 rings (SSSR count). The SMILES string of the molecule is Brc1ccc(-c2nnc(CSc3nc(-c4ccccc4)c(-c4ccccc4)o3)o2)o1. The van der Waals surface area contributed by atoms with Crippen molar-refractivity contribution >= 4 is 27.7 Å². The minimum absolute atomic E-state index is 0.332. The Hall–Kier alpha value is -3.10. The van der Waals surface area contributed by atoms with Gasteiger partial charge in [0, 0.05) is 11.1 Å². The maximum absolute atomic E-state index is 6.11. The van der Waals surface area contributed by atoms with Crippen molar-refractivity contribution in [1.82, 2.24) is 15.2 Å². The highest BCUT2D eigenvalue weighted by Gasteiger charge is 2.18. The summed E-state index contributed by atoms with van der Waals surface area (Å²) < 4.78 is 17.8. The van der Waals surface area contributed by atoms with Gasteiger partial charge in [-0.1, -0.05) is 72.4 Å². The summed E-state index contributed by atoms with van der Waals surface area (Å²) in [4.78, 5) is 4.72. The molecule has 3 heterocycles. The lowest BCUT2D eigenvalue weighted by Gasteiger charge is -2.00. The first-order chi connectivity index (χ1) is 14.8. The number of hydrogen-bond acceptors (Lipinski definition) is 7. The number of benzene rings is 2. The zero-order valence-corrected chi connectivity index (χ0v) is 17.9. The minimum Gasteiger partial charge on any atom is -0.444 e. The standard InChI is InChI=1S/C22H14BrN3O3S/c23-17-12-11-16(27-17)21-26-25-18(28-21)13-30-22-24-19(14-7-3-1-4-8-14)20(29-22)15-9-5-2-6-10-15/h1-12H,13H2. The first kappa shape index (κ1) is 18.9. The third-order valence-electron chi connectivity index (χ3n) is 4.26. The Labute approximate surface area is 184 Å². The van der Waals surface area contributed by atoms with Gasteiger partial charge in [-0.25, -0.2) is 4.98 Å². The zero-order chi connectivity index (χ0) is 20.3. The van der Waals surface area contributed by atoms with E-state index in [0.717, 1.165) is 22.6 Å². The summed E-state index contributed by atoms with van der Waals surface area (Å²) in [7, 11) is 0. The quantitative estimate of drug-likeness (QED) is 0.250. The van der Waals surface area contributed by atoms with E-state index in [-0.39, 0.29) is 0 Å². The highest BCUT2D eigenvalue weighted by atomic mass is 79.9. The van der Waals surface area contributed by atoms with E-state index in [0.29, 0.717) is 33.2 Å². The number of aromatic nitrogens is 3. The van der Waals surface area contributed by atoms with Gasteiger partial charge in [-0.15, -0.1) is 10.2 Å². The molecule has 0 aliphatic carbocycles. The van der Waals surface area contributed by atoms with E-state index in [2.05, 4.69) is 26.1 Å². The van der Waals surface area contributed by atoms with E-state index in [1.807, 2.05) is 60.7 Å². The molecule has 30 heavy (non-hydrogen) atoms. The summed E-state index contributed by atoms with van der Waals surface area (Å²) in [5.74, 6) is 2.47. The third-order valence-corrected chi connectivity index (χ3v) is 5.50. The van der Waals surface area contributed by atoms with Crippen LogP contribution >= 0.6 is 27.7 Å². The number of hydrogen-bond donors (Lipinski definition) is 0. The van der Waals surface area contributed by atoms with Crippen LogP contribution in [0, 0.1) is 0 Å². The molecular formula is C22H14BrN3O3S. The van der Waals surface area contributed by atoms with Crippen LogP contribution in [0.4, 0.5) is 0 Å². The van der Waals surface area contributed by atoms with Crippen LogP contribution in [0.5, 0.6) is 0 Å². The average molecular weight is 480 g/mol. The molecule has 3 aromatic heterocycles. The number of rotatable bonds is 6. The second-order valence-corrected chi connectivity index (χ2v) is 7.99. The van der Waals surface area contributed by atoms with Gasteiger partial charge in [0.25, 0.3) is 11.1 Å². The largest absolute Gasteiger partial charge is 0.444 e. The van der Waals surface area contributed by atoms with Crippen LogP contribution in [0.1, 0.15) is 5.89 Å². The second kappa shape index (κ2) is 8.33. The Bertz CT molecular complexity index is 1210. The molecule has 0 atom stereocenters. The van der Waals surface area contributed by atoms with Gasteiger partial charge in [-0.2, -0.15) is 0 Å². The summed E-state index contributed by atoms with van der Waals surface area (Å²) in [5.41, 5.74) is 2.77. The third kappa shape index (κ3) is 3.96. The molecule has 5 aromatic rings. The molecule has 148 valence electrons. The van der Waals surface area contributed by atoms with Crippen molar-refractivity contribution in [2.75, 3.05) is 0 Å². The van der Waals surface area contributed by atoms with E-state index in [1.165, 1.54) is 11.8 Å². The van der Waals surface area contributed by atoms with E-state index in [4.69, 9.17) is 18.2 Å². The normalized spacial score (nSPS) is 11.1. The van der Waals surface area contributed by atoms with Crippen molar-refractivity contribution < 1.29 is 13.3 Å². The molecule has 0 radical (unpaired) electrons. The number of oxazole rings is 1. The van der Waals surface area contributed by atoms with Gasteiger partial charge in [0.05, 0.1) is 5.75 Å². The highest BCUT2D eigenvalue weighted by Crippen LogP contribution is 2.36. The molecule has 0 aliphatic heterocycles. The average Bonchev–Trinajstić information content (AvgIpc) is 3.53. The Morgan fingerprint density at radius 2 is 1.50 bits per heavy atom. The van der Waals surface area contributed by atoms with E-state index in [1.54, 1.807) is 12.1 Å². The van der Waals surface area contributed by atoms with Crippen molar-refractivity contribution in [2.45, 2.75) is 11.0 Å². The zero-order valence-electron chi connectivity index (χ0n) is 15.5. The molecule has 0 spiro atoms. The summed E-state index contributed by atoms with van der Waals surface area (Å²) in [6, 6.07) is 23.5. The first-order valence-electron chi connectivity index (χ1n) is 9.09. The topological polar surface area (TPSA) is 78.1 Å². The number of thioether (sulfide) groups is 1. The minimum atomic E-state index is 0.332. The van der Waals surface area contributed by atoms with Crippen molar-refractivity contribution in [2.24, 2.45) is 0 Å². The second-order valence-electron chi connectivity index (χ2n) is 6.28. The van der Waals surface area contributed by atoms with Gasteiger partial charge < -0.3 is 13.3 Å². The Balaban J connectivity index is 1.40. The fraction of sp³-hybridized carbons (Fsp3) is 0.0455. The van der Waals surface area contributed by atoms with Crippen LogP contribution in [0.3, 0.4) is 0 Å². The molecule has 2 aromatic carbocycles. The fourth-order valence-corrected chi connectivity index (χ4v) is 3.87. The first-order valence-corrected chi connectivity index (χ1v) is 10.9. The lowest BCUT2D eigenvalue weighted by molar-refractivity contribution is 0.463. The van der Waals surface area contributed by atoms with Gasteiger partial charge in [-0.3, -0.25) is 0 Å². The van der Waals surface area contributed by atoms with Crippen LogP contribution in [0.15, 0.2) is 95.9 Å². The predicted molar refractivity (Wildman–Crippen MR) is 117 cm³/mol. The molecule has 0 amide bonds. The van der Waals surface area contributed by atoms with Crippen LogP contribution in [0.2, 0.25) is 0 Å². The van der Waals surface area contributed by atoms with E-state index in [9.17, 15) is 0 Å². The summed E-state index contributed by atoms with van der Waals surface area (Å²) >= 11 is 4.66. The summed E-state index contributed by atoms with van der Waals surface area (Å²) in [6.07, 6.45) is 0. The predicted octanol–water partition coefficient (Wildman–Crippen LogP) is 6.71. The van der Waals surface area contributed by atoms with Crippen LogP contribution in [-0.4, -0.2) is 15.2 Å². The van der Waals surface area contributed by atoms with Crippen molar-refractivity contribution in [3.63, 3.8) is 0 Å². The van der Waals surface area contributed by atoms with Crippen LogP contribution in [0.25, 0.3) is 34.2 Å². The molecule has 6 nitrogen and oxygen atoms in total. The number of halogens is 1. The van der Waals surface area contributed by atoms with Gasteiger partial charge in [0.1, 0.15) is 5.69 Å². The summed E-state index contributed by atoms with van der Waals surface area (Å²) in [6.45, 7) is 0. The number of nitrogens with zero attached hydrogens (tertiary/aromatic N) is 3. The molecular weight excluding hydrogens is 466 g/mol. The maximum atomic E-state index is 6.11. The van der Waals surface area contributed by atoms with E-state index >= 15 is 0 Å². The highest BCUT2D eigenvalue weighted by molar-refractivity contribution is 9.10. The Kier molecular flexibility index (Phi) is 5.25. The lowest BCUT2D eigenvalue weighted by Crippen LogP contribution is -1.82. The van der Waals surface area contributed by atoms with Crippen molar-refractivity contribution in [3.05, 3.63) is 83.4 Å². The molecule has 0 aliphatic rings. The number of furan rings is 1. The molecule has 0 bridgehead atoms. The molecule has 0 fully saturated rings. The lowest BCUT2D eigenvalue weighted by atomic mass is 10.1. The van der Waals surface area contributed by atoms with Crippen LogP contribution < -0.4 is 0 Å². The maximum Gasteiger partial charge on any atom is 0.283 e. The molecule has 0 saturated heterocycles. The van der Waals surface area contributed by atoms with E-state index < -0.39 is 0 Å². The van der Waals surface area contributed by atoms with Gasteiger partial charge >= 0.3 is 0 Å². The molecule has 0 unspecified atom stereocenters. The monoisotopic (exact) mass is 479 g/mol. The molecule has 0 N–H and O–H groups in total.